The van der Waals surface area contributed by atoms with Crippen molar-refractivity contribution in [1.82, 2.24) is 25.4 Å². The van der Waals surface area contributed by atoms with Crippen LogP contribution in [-0.4, -0.2) is 33.9 Å². The fourth-order valence-electron chi connectivity index (χ4n) is 2.29. The summed E-state index contributed by atoms with van der Waals surface area (Å²) in [5.74, 6) is 2.51. The number of aliphatic imine (C=N–C) groups is 1. The maximum atomic E-state index is 5.86. The van der Waals surface area contributed by atoms with E-state index in [4.69, 9.17) is 4.74 Å². The van der Waals surface area contributed by atoms with E-state index in [1.807, 2.05) is 14.0 Å². The molecule has 0 fully saturated rings. The van der Waals surface area contributed by atoms with E-state index < -0.39 is 0 Å². The molecule has 0 spiro atoms. The van der Waals surface area contributed by atoms with Crippen molar-refractivity contribution in [3.05, 3.63) is 41.5 Å². The van der Waals surface area contributed by atoms with E-state index in [9.17, 15) is 0 Å². The Morgan fingerprint density at radius 2 is 2.12 bits per heavy atom. The highest BCUT2D eigenvalue weighted by Gasteiger charge is 2.06. The van der Waals surface area contributed by atoms with Crippen LogP contribution in [0.1, 0.15) is 37.2 Å². The number of aryl methyl sites for hydroxylation is 2. The van der Waals surface area contributed by atoms with E-state index in [0.717, 1.165) is 36.1 Å². The van der Waals surface area contributed by atoms with Crippen LogP contribution in [-0.2, 0) is 20.1 Å². The van der Waals surface area contributed by atoms with Gasteiger partial charge in [0.1, 0.15) is 17.9 Å². The molecule has 0 aliphatic carbocycles. The van der Waals surface area contributed by atoms with Crippen molar-refractivity contribution in [2.24, 2.45) is 12.0 Å². The zero-order valence-electron chi connectivity index (χ0n) is 15.5. The Morgan fingerprint density at radius 1 is 1.28 bits per heavy atom. The third-order valence-electron chi connectivity index (χ3n) is 3.66. The molecule has 25 heavy (non-hydrogen) atoms. The summed E-state index contributed by atoms with van der Waals surface area (Å²) < 4.78 is 7.61. The molecule has 0 aliphatic rings. The third kappa shape index (κ3) is 5.77. The Hall–Kier alpha value is -2.57. The van der Waals surface area contributed by atoms with Crippen LogP contribution in [0, 0.1) is 6.92 Å². The van der Waals surface area contributed by atoms with Gasteiger partial charge in [-0.2, -0.15) is 5.10 Å². The van der Waals surface area contributed by atoms with E-state index in [0.29, 0.717) is 19.7 Å². The number of hydrogen-bond donors (Lipinski definition) is 2. The number of nitrogens with zero attached hydrogens (tertiary/aromatic N) is 4. The molecule has 1 heterocycles. The highest BCUT2D eigenvalue weighted by atomic mass is 16.5. The maximum absolute atomic E-state index is 5.86. The number of benzene rings is 1. The molecule has 2 N–H and O–H groups in total. The number of ether oxygens (including phenoxy) is 1. The molecular formula is C18H28N6O. The molecule has 7 heteroatoms. The average molecular weight is 344 g/mol. The topological polar surface area (TPSA) is 76.4 Å². The minimum Gasteiger partial charge on any atom is -0.493 e. The molecule has 1 aromatic carbocycles. The molecule has 0 saturated carbocycles. The van der Waals surface area contributed by atoms with Crippen LogP contribution in [0.15, 0.2) is 29.5 Å². The van der Waals surface area contributed by atoms with Crippen molar-refractivity contribution in [2.45, 2.75) is 40.3 Å². The molecule has 0 bridgehead atoms. The lowest BCUT2D eigenvalue weighted by atomic mass is 10.1. The summed E-state index contributed by atoms with van der Waals surface area (Å²) in [7, 11) is 1.87. The number of nitrogens with one attached hydrogen (secondary N) is 2. The maximum Gasteiger partial charge on any atom is 0.191 e. The second-order valence-corrected chi connectivity index (χ2v) is 5.81. The molecule has 0 saturated heterocycles. The molecule has 2 aromatic rings. The summed E-state index contributed by atoms with van der Waals surface area (Å²) in [4.78, 5) is 8.88. The number of aromatic nitrogens is 3. The predicted molar refractivity (Wildman–Crippen MR) is 99.6 cm³/mol. The monoisotopic (exact) mass is 344 g/mol. The lowest BCUT2D eigenvalue weighted by molar-refractivity contribution is 0.314. The van der Waals surface area contributed by atoms with Gasteiger partial charge in [0.25, 0.3) is 0 Å². The highest BCUT2D eigenvalue weighted by Crippen LogP contribution is 2.21. The normalized spacial score (nSPS) is 11.4. The molecule has 0 unspecified atom stereocenters. The lowest BCUT2D eigenvalue weighted by Crippen LogP contribution is -2.37. The van der Waals surface area contributed by atoms with E-state index in [1.54, 1.807) is 11.0 Å². The van der Waals surface area contributed by atoms with Gasteiger partial charge in [-0.1, -0.05) is 19.1 Å². The molecular weight excluding hydrogens is 316 g/mol. The van der Waals surface area contributed by atoms with Crippen molar-refractivity contribution in [3.63, 3.8) is 0 Å². The van der Waals surface area contributed by atoms with Crippen LogP contribution >= 0.6 is 0 Å². The average Bonchev–Trinajstić information content (AvgIpc) is 3.01. The first-order valence-electron chi connectivity index (χ1n) is 8.71. The Morgan fingerprint density at radius 3 is 2.80 bits per heavy atom. The Kier molecular flexibility index (Phi) is 7.25. The van der Waals surface area contributed by atoms with E-state index in [-0.39, 0.29) is 0 Å². The SMILES string of the molecule is CCCOc1cc(C)ccc1CN=C(NCC)NCc1ncnn1C. The van der Waals surface area contributed by atoms with Crippen LogP contribution in [0.2, 0.25) is 0 Å². The summed E-state index contributed by atoms with van der Waals surface area (Å²) in [5.41, 5.74) is 2.26. The zero-order chi connectivity index (χ0) is 18.1. The van der Waals surface area contributed by atoms with Crippen LogP contribution in [0.4, 0.5) is 0 Å². The molecule has 0 radical (unpaired) electrons. The van der Waals surface area contributed by atoms with E-state index >= 15 is 0 Å². The van der Waals surface area contributed by atoms with E-state index in [1.165, 1.54) is 5.56 Å². The summed E-state index contributed by atoms with van der Waals surface area (Å²) in [6, 6.07) is 6.24. The fourth-order valence-corrected chi connectivity index (χ4v) is 2.29. The van der Waals surface area contributed by atoms with Gasteiger partial charge in [0.2, 0.25) is 0 Å². The van der Waals surface area contributed by atoms with Crippen LogP contribution in [0.25, 0.3) is 0 Å². The molecule has 136 valence electrons. The third-order valence-corrected chi connectivity index (χ3v) is 3.66. The van der Waals surface area contributed by atoms with Gasteiger partial charge in [0.05, 0.1) is 19.7 Å². The lowest BCUT2D eigenvalue weighted by Gasteiger charge is -2.13. The first-order chi connectivity index (χ1) is 12.1. The quantitative estimate of drug-likeness (QED) is 0.567. The largest absolute Gasteiger partial charge is 0.493 e. The number of guanidine groups is 1. The van der Waals surface area contributed by atoms with Crippen molar-refractivity contribution >= 4 is 5.96 Å². The smallest absolute Gasteiger partial charge is 0.191 e. The summed E-state index contributed by atoms with van der Waals surface area (Å²) in [6.45, 7) is 8.83. The van der Waals surface area contributed by atoms with E-state index in [2.05, 4.69) is 57.8 Å². The minimum atomic E-state index is 0.549. The number of hydrogen-bond acceptors (Lipinski definition) is 4. The minimum absolute atomic E-state index is 0.549. The van der Waals surface area contributed by atoms with Crippen molar-refractivity contribution in [3.8, 4) is 5.75 Å². The van der Waals surface area contributed by atoms with Crippen molar-refractivity contribution < 1.29 is 4.74 Å². The number of rotatable bonds is 8. The zero-order valence-corrected chi connectivity index (χ0v) is 15.5. The fraction of sp³-hybridized carbons (Fsp3) is 0.500. The standard InChI is InChI=1S/C18H28N6O/c1-5-9-25-16-10-14(3)7-8-15(16)11-20-18(19-6-2)21-12-17-22-13-23-24(17)4/h7-8,10,13H,5-6,9,11-12H2,1-4H3,(H2,19,20,21). The summed E-state index contributed by atoms with van der Waals surface area (Å²) in [5, 5.41) is 10.6. The summed E-state index contributed by atoms with van der Waals surface area (Å²) in [6.07, 6.45) is 2.53. The molecule has 1 aromatic heterocycles. The van der Waals surface area contributed by atoms with Gasteiger partial charge >= 0.3 is 0 Å². The van der Waals surface area contributed by atoms with Gasteiger partial charge in [-0.25, -0.2) is 9.98 Å². The molecule has 2 rings (SSSR count). The highest BCUT2D eigenvalue weighted by molar-refractivity contribution is 5.79. The van der Waals surface area contributed by atoms with Gasteiger partial charge in [-0.3, -0.25) is 4.68 Å². The van der Waals surface area contributed by atoms with Crippen LogP contribution in [0.3, 0.4) is 0 Å². The Labute approximate surface area is 149 Å². The van der Waals surface area contributed by atoms with Gasteiger partial charge in [-0.05, 0) is 31.9 Å². The van der Waals surface area contributed by atoms with Gasteiger partial charge < -0.3 is 15.4 Å². The predicted octanol–water partition coefficient (Wildman–Crippen LogP) is 2.17. The Balaban J connectivity index is 2.06. The molecule has 0 amide bonds. The first-order valence-corrected chi connectivity index (χ1v) is 8.71. The van der Waals surface area contributed by atoms with Crippen LogP contribution < -0.4 is 15.4 Å². The Bertz CT molecular complexity index is 695. The van der Waals surface area contributed by atoms with Gasteiger partial charge in [-0.15, -0.1) is 0 Å². The van der Waals surface area contributed by atoms with Gasteiger partial charge in [0, 0.05) is 19.2 Å². The van der Waals surface area contributed by atoms with Crippen molar-refractivity contribution in [2.75, 3.05) is 13.2 Å². The van der Waals surface area contributed by atoms with Crippen molar-refractivity contribution in [1.29, 1.82) is 0 Å². The first kappa shape index (κ1) is 18.8. The molecule has 7 nitrogen and oxygen atoms in total. The second-order valence-electron chi connectivity index (χ2n) is 5.81. The van der Waals surface area contributed by atoms with Crippen LogP contribution in [0.5, 0.6) is 5.75 Å². The molecule has 0 atom stereocenters. The molecule has 0 aliphatic heterocycles. The second kappa shape index (κ2) is 9.66. The van der Waals surface area contributed by atoms with Gasteiger partial charge in [0.15, 0.2) is 5.96 Å². The summed E-state index contributed by atoms with van der Waals surface area (Å²) >= 11 is 0.